The van der Waals surface area contributed by atoms with Gasteiger partial charge in [-0.15, -0.1) is 5.10 Å². The van der Waals surface area contributed by atoms with Crippen molar-refractivity contribution in [2.75, 3.05) is 11.9 Å². The first kappa shape index (κ1) is 24.0. The minimum absolute atomic E-state index is 0.0113. The lowest BCUT2D eigenvalue weighted by Crippen LogP contribution is -2.56. The molecule has 6 heteroatoms. The Balaban J connectivity index is 1.24. The predicted molar refractivity (Wildman–Crippen MR) is 140 cm³/mol. The van der Waals surface area contributed by atoms with E-state index in [-0.39, 0.29) is 23.5 Å². The molecule has 2 aromatic rings. The van der Waals surface area contributed by atoms with Gasteiger partial charge >= 0.3 is 5.97 Å². The molecule has 1 heterocycles. The van der Waals surface area contributed by atoms with Crippen LogP contribution in [0.2, 0.25) is 0 Å². The second-order valence-corrected chi connectivity index (χ2v) is 12.8. The van der Waals surface area contributed by atoms with Gasteiger partial charge in [-0.2, -0.15) is 0 Å². The van der Waals surface area contributed by atoms with E-state index in [9.17, 15) is 4.79 Å². The van der Waals surface area contributed by atoms with E-state index in [1.165, 1.54) is 44.2 Å². The van der Waals surface area contributed by atoms with Gasteiger partial charge in [0, 0.05) is 37.3 Å². The predicted octanol–water partition coefficient (Wildman–Crippen LogP) is 5.91. The lowest BCUT2D eigenvalue weighted by Gasteiger charge is -2.61. The standard InChI is InChI=1S/C30H42N4O2/c1-20(35)36-28-27(34-17-16-31-32-34)19-26-24-11-10-21-18-23(33(4)22-8-6-5-7-9-22)12-14-29(21,2)25(24)13-15-30(26,28)3/h5-9,16-17,21,23-28H,10-15,18-19H2,1-4H3/t21-,23-,24+,25-,26-,27-,28-,29-,30-/m0/s1. The molecule has 36 heavy (non-hydrogen) atoms. The van der Waals surface area contributed by atoms with E-state index in [0.29, 0.717) is 23.3 Å². The highest BCUT2D eigenvalue weighted by Crippen LogP contribution is 2.68. The first-order chi connectivity index (χ1) is 17.3. The molecule has 0 amide bonds. The van der Waals surface area contributed by atoms with Crippen LogP contribution in [0.5, 0.6) is 0 Å². The molecule has 1 aromatic carbocycles. The van der Waals surface area contributed by atoms with Gasteiger partial charge in [-0.3, -0.25) is 4.79 Å². The highest BCUT2D eigenvalue weighted by molar-refractivity contribution is 5.66. The molecule has 4 aliphatic carbocycles. The SMILES string of the molecule is CC(=O)O[C@H]1[C@@H](n2ccnn2)C[C@H]2[C@@H]3CC[C@H]4C[C@@H](N(C)c5ccccc5)CC[C@]4(C)[C@H]3CC[C@@]21C. The van der Waals surface area contributed by atoms with Crippen LogP contribution in [0, 0.1) is 34.5 Å². The molecule has 9 atom stereocenters. The minimum Gasteiger partial charge on any atom is -0.460 e. The van der Waals surface area contributed by atoms with Crippen molar-refractivity contribution in [2.24, 2.45) is 34.5 Å². The van der Waals surface area contributed by atoms with Crippen molar-refractivity contribution in [3.63, 3.8) is 0 Å². The van der Waals surface area contributed by atoms with E-state index in [0.717, 1.165) is 24.7 Å². The monoisotopic (exact) mass is 490 g/mol. The number of nitrogens with zero attached hydrogens (tertiary/aromatic N) is 4. The zero-order valence-corrected chi connectivity index (χ0v) is 22.3. The topological polar surface area (TPSA) is 60.3 Å². The summed E-state index contributed by atoms with van der Waals surface area (Å²) in [6.07, 6.45) is 13.6. The highest BCUT2D eigenvalue weighted by atomic mass is 16.5. The first-order valence-corrected chi connectivity index (χ1v) is 14.1. The molecule has 6 rings (SSSR count). The summed E-state index contributed by atoms with van der Waals surface area (Å²) < 4.78 is 8.04. The van der Waals surface area contributed by atoms with Crippen LogP contribution >= 0.6 is 0 Å². The maximum Gasteiger partial charge on any atom is 0.302 e. The summed E-state index contributed by atoms with van der Waals surface area (Å²) in [5.74, 6) is 2.66. The van der Waals surface area contributed by atoms with Gasteiger partial charge in [0.05, 0.1) is 12.2 Å². The number of benzene rings is 1. The third kappa shape index (κ3) is 3.69. The van der Waals surface area contributed by atoms with Gasteiger partial charge in [-0.05, 0) is 92.6 Å². The van der Waals surface area contributed by atoms with Crippen LogP contribution in [-0.4, -0.2) is 40.2 Å². The number of fused-ring (bicyclic) bond motifs is 5. The van der Waals surface area contributed by atoms with Crippen LogP contribution in [0.25, 0.3) is 0 Å². The largest absolute Gasteiger partial charge is 0.460 e. The summed E-state index contributed by atoms with van der Waals surface area (Å²) >= 11 is 0. The van der Waals surface area contributed by atoms with E-state index in [1.807, 2.05) is 10.9 Å². The Labute approximate surface area is 215 Å². The number of hydrogen-bond acceptors (Lipinski definition) is 5. The van der Waals surface area contributed by atoms with Crippen LogP contribution in [0.3, 0.4) is 0 Å². The Bertz CT molecular complexity index is 1070. The van der Waals surface area contributed by atoms with Gasteiger partial charge in [0.2, 0.25) is 0 Å². The molecule has 0 bridgehead atoms. The summed E-state index contributed by atoms with van der Waals surface area (Å²) in [6.45, 7) is 6.58. The number of carbonyl (C=O) groups excluding carboxylic acids is 1. The molecular formula is C30H42N4O2. The van der Waals surface area contributed by atoms with Gasteiger partial charge in [0.25, 0.3) is 0 Å². The molecule has 0 spiro atoms. The van der Waals surface area contributed by atoms with E-state index < -0.39 is 0 Å². The van der Waals surface area contributed by atoms with Crippen molar-refractivity contribution in [1.29, 1.82) is 0 Å². The fraction of sp³-hybridized carbons (Fsp3) is 0.700. The number of hydrogen-bond donors (Lipinski definition) is 0. The van der Waals surface area contributed by atoms with E-state index in [1.54, 1.807) is 13.1 Å². The average Bonchev–Trinajstić information content (AvgIpc) is 3.50. The normalized spacial score (nSPS) is 41.6. The van der Waals surface area contributed by atoms with Gasteiger partial charge < -0.3 is 9.64 Å². The van der Waals surface area contributed by atoms with Crippen molar-refractivity contribution >= 4 is 11.7 Å². The third-order valence-corrected chi connectivity index (χ3v) is 11.4. The summed E-state index contributed by atoms with van der Waals surface area (Å²) in [5.41, 5.74) is 1.77. The lowest BCUT2D eigenvalue weighted by atomic mass is 9.45. The van der Waals surface area contributed by atoms with E-state index in [4.69, 9.17) is 4.74 Å². The van der Waals surface area contributed by atoms with Crippen LogP contribution in [0.4, 0.5) is 5.69 Å². The maximum absolute atomic E-state index is 12.2. The molecule has 1 aromatic heterocycles. The molecule has 0 aliphatic heterocycles. The Morgan fingerprint density at radius 2 is 1.81 bits per heavy atom. The highest BCUT2D eigenvalue weighted by Gasteiger charge is 2.64. The summed E-state index contributed by atoms with van der Waals surface area (Å²) in [7, 11) is 2.29. The molecule has 0 unspecified atom stereocenters. The zero-order valence-electron chi connectivity index (χ0n) is 22.3. The van der Waals surface area contributed by atoms with Crippen LogP contribution < -0.4 is 4.90 Å². The van der Waals surface area contributed by atoms with E-state index in [2.05, 4.69) is 66.4 Å². The number of anilines is 1. The number of esters is 1. The number of ether oxygens (including phenoxy) is 1. The van der Waals surface area contributed by atoms with Crippen LogP contribution in [0.15, 0.2) is 42.7 Å². The summed E-state index contributed by atoms with van der Waals surface area (Å²) in [4.78, 5) is 14.7. The smallest absolute Gasteiger partial charge is 0.302 e. The fourth-order valence-electron chi connectivity index (χ4n) is 9.46. The van der Waals surface area contributed by atoms with Gasteiger partial charge in [-0.25, -0.2) is 4.68 Å². The van der Waals surface area contributed by atoms with Crippen molar-refractivity contribution in [3.8, 4) is 0 Å². The molecule has 0 radical (unpaired) electrons. The minimum atomic E-state index is -0.175. The Morgan fingerprint density at radius 1 is 1.03 bits per heavy atom. The van der Waals surface area contributed by atoms with Gasteiger partial charge in [0.1, 0.15) is 6.10 Å². The zero-order chi connectivity index (χ0) is 25.1. The fourth-order valence-corrected chi connectivity index (χ4v) is 9.46. The van der Waals surface area contributed by atoms with Crippen molar-refractivity contribution < 1.29 is 9.53 Å². The number of para-hydroxylation sites is 1. The maximum atomic E-state index is 12.2. The van der Waals surface area contributed by atoms with E-state index >= 15 is 0 Å². The van der Waals surface area contributed by atoms with Crippen molar-refractivity contribution in [2.45, 2.75) is 90.3 Å². The van der Waals surface area contributed by atoms with Gasteiger partial charge in [0.15, 0.2) is 0 Å². The molecule has 6 nitrogen and oxygen atoms in total. The summed E-state index contributed by atoms with van der Waals surface area (Å²) in [6, 6.07) is 11.6. The lowest BCUT2D eigenvalue weighted by molar-refractivity contribution is -0.164. The molecule has 4 fully saturated rings. The second kappa shape index (κ2) is 8.88. The Morgan fingerprint density at radius 3 is 2.53 bits per heavy atom. The quantitative estimate of drug-likeness (QED) is 0.499. The van der Waals surface area contributed by atoms with Crippen LogP contribution in [0.1, 0.15) is 78.2 Å². The number of rotatable bonds is 4. The molecular weight excluding hydrogens is 448 g/mol. The average molecular weight is 491 g/mol. The molecule has 4 saturated carbocycles. The number of aromatic nitrogens is 3. The van der Waals surface area contributed by atoms with Crippen molar-refractivity contribution in [3.05, 3.63) is 42.7 Å². The first-order valence-electron chi connectivity index (χ1n) is 14.1. The van der Waals surface area contributed by atoms with Crippen LogP contribution in [-0.2, 0) is 9.53 Å². The molecule has 194 valence electrons. The summed E-state index contributed by atoms with van der Waals surface area (Å²) in [5, 5.41) is 8.43. The third-order valence-electron chi connectivity index (χ3n) is 11.4. The Kier molecular flexibility index (Phi) is 5.92. The number of carbonyl (C=O) groups is 1. The Hall–Kier alpha value is -2.37. The molecule has 0 saturated heterocycles. The van der Waals surface area contributed by atoms with Crippen molar-refractivity contribution in [1.82, 2.24) is 15.0 Å². The second-order valence-electron chi connectivity index (χ2n) is 12.8. The molecule has 0 N–H and O–H groups in total. The van der Waals surface area contributed by atoms with Gasteiger partial charge in [-0.1, -0.05) is 37.3 Å². The molecule has 4 aliphatic rings.